The second kappa shape index (κ2) is 5.05. The predicted molar refractivity (Wildman–Crippen MR) is 65.9 cm³/mol. The standard InChI is InChI=1S/C13H15ClFNO/c1-9-3-2-4-11(12(9)15)13(17)16-7-5-10(14)6-8-16/h2-4,10H,5-8H2,1H3. The van der Waals surface area contributed by atoms with E-state index in [2.05, 4.69) is 0 Å². The summed E-state index contributed by atoms with van der Waals surface area (Å²) in [5.41, 5.74) is 0.668. The molecule has 0 unspecified atom stereocenters. The van der Waals surface area contributed by atoms with E-state index < -0.39 is 5.82 Å². The smallest absolute Gasteiger partial charge is 0.256 e. The number of halogens is 2. The van der Waals surface area contributed by atoms with Crippen molar-refractivity contribution in [1.82, 2.24) is 4.90 Å². The molecule has 0 aromatic heterocycles. The third-order valence-corrected chi connectivity index (χ3v) is 3.57. The molecule has 1 aromatic rings. The maximum atomic E-state index is 13.8. The third-order valence-electron chi connectivity index (χ3n) is 3.13. The van der Waals surface area contributed by atoms with Crippen LogP contribution in [0.4, 0.5) is 4.39 Å². The van der Waals surface area contributed by atoms with E-state index in [9.17, 15) is 9.18 Å². The fourth-order valence-corrected chi connectivity index (χ4v) is 2.23. The average Bonchev–Trinajstić information content (AvgIpc) is 2.33. The Labute approximate surface area is 105 Å². The number of likely N-dealkylation sites (tertiary alicyclic amines) is 1. The fraction of sp³-hybridized carbons (Fsp3) is 0.462. The summed E-state index contributed by atoms with van der Waals surface area (Å²) in [6, 6.07) is 4.91. The molecule has 2 rings (SSSR count). The summed E-state index contributed by atoms with van der Waals surface area (Å²) in [6.07, 6.45) is 1.56. The Morgan fingerprint density at radius 3 is 2.71 bits per heavy atom. The maximum Gasteiger partial charge on any atom is 0.256 e. The Morgan fingerprint density at radius 1 is 1.41 bits per heavy atom. The lowest BCUT2D eigenvalue weighted by Crippen LogP contribution is -2.39. The van der Waals surface area contributed by atoms with Gasteiger partial charge >= 0.3 is 0 Å². The number of hydrogen-bond donors (Lipinski definition) is 0. The van der Waals surface area contributed by atoms with Gasteiger partial charge in [-0.3, -0.25) is 4.79 Å². The molecule has 1 amide bonds. The van der Waals surface area contributed by atoms with E-state index in [-0.39, 0.29) is 16.8 Å². The van der Waals surface area contributed by atoms with Crippen molar-refractivity contribution in [3.63, 3.8) is 0 Å². The van der Waals surface area contributed by atoms with Gasteiger partial charge in [0.2, 0.25) is 0 Å². The molecular formula is C13H15ClFNO. The number of nitrogens with zero attached hydrogens (tertiary/aromatic N) is 1. The normalized spacial score (nSPS) is 17.2. The monoisotopic (exact) mass is 255 g/mol. The Balaban J connectivity index is 2.17. The van der Waals surface area contributed by atoms with Gasteiger partial charge in [0.15, 0.2) is 0 Å². The molecule has 0 saturated carbocycles. The van der Waals surface area contributed by atoms with Crippen molar-refractivity contribution in [2.45, 2.75) is 25.1 Å². The number of benzene rings is 1. The molecule has 1 saturated heterocycles. The highest BCUT2D eigenvalue weighted by atomic mass is 35.5. The minimum atomic E-state index is -0.412. The number of piperidine rings is 1. The summed E-state index contributed by atoms with van der Waals surface area (Å²) >= 11 is 5.98. The SMILES string of the molecule is Cc1cccc(C(=O)N2CCC(Cl)CC2)c1F. The topological polar surface area (TPSA) is 20.3 Å². The number of alkyl halides is 1. The van der Waals surface area contributed by atoms with Crippen LogP contribution >= 0.6 is 11.6 Å². The second-order valence-corrected chi connectivity index (χ2v) is 5.02. The molecule has 4 heteroatoms. The van der Waals surface area contributed by atoms with E-state index in [0.29, 0.717) is 18.7 Å². The van der Waals surface area contributed by atoms with Crippen molar-refractivity contribution in [3.05, 3.63) is 35.1 Å². The first-order chi connectivity index (χ1) is 8.09. The van der Waals surface area contributed by atoms with Gasteiger partial charge in [0.05, 0.1) is 5.56 Å². The van der Waals surface area contributed by atoms with Crippen LogP contribution in [0.15, 0.2) is 18.2 Å². The summed E-state index contributed by atoms with van der Waals surface area (Å²) in [5.74, 6) is -0.639. The second-order valence-electron chi connectivity index (χ2n) is 4.40. The summed E-state index contributed by atoms with van der Waals surface area (Å²) in [5, 5.41) is 0.140. The Morgan fingerprint density at radius 2 is 2.06 bits per heavy atom. The lowest BCUT2D eigenvalue weighted by atomic mass is 10.1. The van der Waals surface area contributed by atoms with Crippen LogP contribution in [0.2, 0.25) is 0 Å². The molecule has 1 aliphatic rings. The molecule has 1 aliphatic heterocycles. The molecule has 0 aliphatic carbocycles. The van der Waals surface area contributed by atoms with Gasteiger partial charge in [-0.1, -0.05) is 12.1 Å². The fourth-order valence-electron chi connectivity index (χ4n) is 2.03. The van der Waals surface area contributed by atoms with E-state index in [1.165, 1.54) is 6.07 Å². The van der Waals surface area contributed by atoms with Crippen molar-refractivity contribution in [3.8, 4) is 0 Å². The Kier molecular flexibility index (Phi) is 3.67. The molecule has 0 N–H and O–H groups in total. The van der Waals surface area contributed by atoms with E-state index in [4.69, 9.17) is 11.6 Å². The molecule has 0 radical (unpaired) electrons. The summed E-state index contributed by atoms with van der Waals surface area (Å²) < 4.78 is 13.8. The largest absolute Gasteiger partial charge is 0.338 e. The minimum Gasteiger partial charge on any atom is -0.338 e. The van der Waals surface area contributed by atoms with Gasteiger partial charge in [-0.25, -0.2) is 4.39 Å². The van der Waals surface area contributed by atoms with Crippen LogP contribution in [0.1, 0.15) is 28.8 Å². The minimum absolute atomic E-state index is 0.140. The van der Waals surface area contributed by atoms with Crippen molar-refractivity contribution in [1.29, 1.82) is 0 Å². The van der Waals surface area contributed by atoms with Crippen molar-refractivity contribution < 1.29 is 9.18 Å². The van der Waals surface area contributed by atoms with Crippen molar-refractivity contribution >= 4 is 17.5 Å². The van der Waals surface area contributed by atoms with E-state index in [1.807, 2.05) is 0 Å². The molecule has 1 fully saturated rings. The van der Waals surface area contributed by atoms with Gasteiger partial charge in [0.25, 0.3) is 5.91 Å². The van der Waals surface area contributed by atoms with Crippen molar-refractivity contribution in [2.75, 3.05) is 13.1 Å². The molecule has 1 aromatic carbocycles. The van der Waals surface area contributed by atoms with Crippen molar-refractivity contribution in [2.24, 2.45) is 0 Å². The average molecular weight is 256 g/mol. The number of aryl methyl sites for hydroxylation is 1. The van der Waals surface area contributed by atoms with Crippen LogP contribution in [0.5, 0.6) is 0 Å². The zero-order valence-electron chi connectivity index (χ0n) is 9.75. The molecule has 0 atom stereocenters. The van der Waals surface area contributed by atoms with Gasteiger partial charge in [-0.05, 0) is 31.4 Å². The van der Waals surface area contributed by atoms with Crippen LogP contribution in [-0.2, 0) is 0 Å². The zero-order chi connectivity index (χ0) is 12.4. The summed E-state index contributed by atoms with van der Waals surface area (Å²) in [4.78, 5) is 13.8. The first kappa shape index (κ1) is 12.4. The molecule has 0 bridgehead atoms. The number of carbonyl (C=O) groups is 1. The van der Waals surface area contributed by atoms with Crippen LogP contribution < -0.4 is 0 Å². The van der Waals surface area contributed by atoms with E-state index >= 15 is 0 Å². The van der Waals surface area contributed by atoms with Gasteiger partial charge in [0, 0.05) is 18.5 Å². The van der Waals surface area contributed by atoms with Crippen LogP contribution in [-0.4, -0.2) is 29.3 Å². The molecule has 92 valence electrons. The first-order valence-corrected chi connectivity index (χ1v) is 6.21. The van der Waals surface area contributed by atoms with Crippen LogP contribution in [0.25, 0.3) is 0 Å². The maximum absolute atomic E-state index is 13.8. The number of hydrogen-bond acceptors (Lipinski definition) is 1. The summed E-state index contributed by atoms with van der Waals surface area (Å²) in [6.45, 7) is 2.89. The van der Waals surface area contributed by atoms with Crippen LogP contribution in [0, 0.1) is 12.7 Å². The summed E-state index contributed by atoms with van der Waals surface area (Å²) in [7, 11) is 0. The van der Waals surface area contributed by atoms with E-state index in [0.717, 1.165) is 12.8 Å². The zero-order valence-corrected chi connectivity index (χ0v) is 10.5. The molecule has 1 heterocycles. The predicted octanol–water partition coefficient (Wildman–Crippen LogP) is 2.98. The first-order valence-electron chi connectivity index (χ1n) is 5.78. The van der Waals surface area contributed by atoms with Gasteiger partial charge in [0.1, 0.15) is 5.82 Å². The molecule has 0 spiro atoms. The van der Waals surface area contributed by atoms with E-state index in [1.54, 1.807) is 24.0 Å². The van der Waals surface area contributed by atoms with Crippen LogP contribution in [0.3, 0.4) is 0 Å². The molecular weight excluding hydrogens is 241 g/mol. The molecule has 2 nitrogen and oxygen atoms in total. The highest BCUT2D eigenvalue weighted by Gasteiger charge is 2.24. The number of rotatable bonds is 1. The van der Waals surface area contributed by atoms with Gasteiger partial charge in [-0.2, -0.15) is 0 Å². The lowest BCUT2D eigenvalue weighted by Gasteiger charge is -2.29. The highest BCUT2D eigenvalue weighted by molar-refractivity contribution is 6.20. The number of amides is 1. The molecule has 17 heavy (non-hydrogen) atoms. The number of carbonyl (C=O) groups excluding carboxylic acids is 1. The van der Waals surface area contributed by atoms with Gasteiger partial charge in [-0.15, -0.1) is 11.6 Å². The lowest BCUT2D eigenvalue weighted by molar-refractivity contribution is 0.0721. The Hall–Kier alpha value is -1.09. The quantitative estimate of drug-likeness (QED) is 0.707. The third kappa shape index (κ3) is 2.60. The van der Waals surface area contributed by atoms with Gasteiger partial charge < -0.3 is 4.90 Å². The highest BCUT2D eigenvalue weighted by Crippen LogP contribution is 2.20. The Bertz CT molecular complexity index is 427.